The van der Waals surface area contributed by atoms with Gasteiger partial charge >= 0.3 is 0 Å². The van der Waals surface area contributed by atoms with Crippen molar-refractivity contribution in [2.75, 3.05) is 0 Å². The molecule has 0 bridgehead atoms. The summed E-state index contributed by atoms with van der Waals surface area (Å²) in [5.41, 5.74) is 5.05. The van der Waals surface area contributed by atoms with E-state index in [1.807, 2.05) is 0 Å². The molecule has 2 aromatic carbocycles. The van der Waals surface area contributed by atoms with Gasteiger partial charge in [0.25, 0.3) is 11.8 Å². The van der Waals surface area contributed by atoms with E-state index < -0.39 is 17.6 Å². The quantitative estimate of drug-likeness (QED) is 0.611. The molecule has 2 N–H and O–H groups in total. The van der Waals surface area contributed by atoms with E-state index in [1.165, 1.54) is 42.5 Å². The molecule has 0 atom stereocenters. The van der Waals surface area contributed by atoms with Gasteiger partial charge in [-0.2, -0.15) is 0 Å². The fourth-order valence-corrected chi connectivity index (χ4v) is 2.25. The van der Waals surface area contributed by atoms with Crippen molar-refractivity contribution in [2.45, 2.75) is 0 Å². The van der Waals surface area contributed by atoms with Crippen LogP contribution in [0.2, 0.25) is 15.1 Å². The van der Waals surface area contributed by atoms with Gasteiger partial charge in [0.05, 0.1) is 15.6 Å². The molecule has 0 aromatic heterocycles. The first-order valence-corrected chi connectivity index (χ1v) is 7.68. The zero-order valence-corrected chi connectivity index (χ0v) is 14.2. The van der Waals surface area contributed by atoms with Crippen molar-refractivity contribution in [2.24, 2.45) is 0 Å². The molecule has 8 heteroatoms. The van der Waals surface area contributed by atoms with Crippen LogP contribution in [0.4, 0.5) is 4.39 Å². The second-order valence-corrected chi connectivity index (χ2v) is 5.83. The van der Waals surface area contributed by atoms with Gasteiger partial charge in [0, 0.05) is 11.1 Å². The number of carbonyl (C=O) groups is 2. The summed E-state index contributed by atoms with van der Waals surface area (Å²) >= 11 is 17.3. The molecule has 4 nitrogen and oxygen atoms in total. The lowest BCUT2D eigenvalue weighted by Gasteiger charge is -2.07. The maximum Gasteiger partial charge on any atom is 0.271 e. The van der Waals surface area contributed by atoms with Crippen LogP contribution in [0.25, 0.3) is 6.08 Å². The normalized spacial score (nSPS) is 10.7. The molecule has 0 saturated carbocycles. The van der Waals surface area contributed by atoms with E-state index in [9.17, 15) is 14.0 Å². The topological polar surface area (TPSA) is 58.2 Å². The minimum atomic E-state index is -0.617. The third-order valence-electron chi connectivity index (χ3n) is 2.84. The van der Waals surface area contributed by atoms with Crippen molar-refractivity contribution in [1.82, 2.24) is 10.9 Å². The molecule has 0 aliphatic carbocycles. The van der Waals surface area contributed by atoms with Crippen molar-refractivity contribution in [3.05, 3.63) is 74.5 Å². The molecule has 24 heavy (non-hydrogen) atoms. The van der Waals surface area contributed by atoms with Gasteiger partial charge in [-0.3, -0.25) is 20.4 Å². The lowest BCUT2D eigenvalue weighted by Crippen LogP contribution is -2.40. The minimum Gasteiger partial charge on any atom is -0.268 e. The van der Waals surface area contributed by atoms with Crippen LogP contribution in [0, 0.1) is 5.82 Å². The van der Waals surface area contributed by atoms with Gasteiger partial charge in [0.15, 0.2) is 0 Å². The SMILES string of the molecule is O=C(/C=C/c1ccc(F)c(Cl)c1)NNC(=O)c1cc(Cl)ccc1Cl. The van der Waals surface area contributed by atoms with Gasteiger partial charge in [-0.1, -0.05) is 40.9 Å². The Balaban J connectivity index is 1.95. The summed E-state index contributed by atoms with van der Waals surface area (Å²) in [5, 5.41) is 0.480. The van der Waals surface area contributed by atoms with Crippen LogP contribution in [0.5, 0.6) is 0 Å². The standard InChI is InChI=1S/C16H10Cl3FN2O2/c17-10-3-4-12(18)11(8-10)16(24)22-21-15(23)6-2-9-1-5-14(20)13(19)7-9/h1-8H,(H,21,23)(H,22,24)/b6-2+. The maximum absolute atomic E-state index is 13.0. The number of hydrazine groups is 1. The Morgan fingerprint density at radius 3 is 2.42 bits per heavy atom. The first-order valence-electron chi connectivity index (χ1n) is 6.55. The Kier molecular flexibility index (Phi) is 6.20. The number of hydrogen-bond acceptors (Lipinski definition) is 2. The molecule has 2 amide bonds. The van der Waals surface area contributed by atoms with Gasteiger partial charge in [-0.25, -0.2) is 4.39 Å². The molecule has 0 unspecified atom stereocenters. The molecule has 124 valence electrons. The van der Waals surface area contributed by atoms with E-state index in [0.717, 1.165) is 6.08 Å². The zero-order chi connectivity index (χ0) is 17.7. The second kappa shape index (κ2) is 8.15. The van der Waals surface area contributed by atoms with Crippen LogP contribution >= 0.6 is 34.8 Å². The van der Waals surface area contributed by atoms with Crippen LogP contribution in [0.1, 0.15) is 15.9 Å². The van der Waals surface area contributed by atoms with Crippen LogP contribution in [-0.2, 0) is 4.79 Å². The highest BCUT2D eigenvalue weighted by molar-refractivity contribution is 6.35. The third-order valence-corrected chi connectivity index (χ3v) is 3.70. The first-order chi connectivity index (χ1) is 11.4. The zero-order valence-electron chi connectivity index (χ0n) is 11.9. The lowest BCUT2D eigenvalue weighted by molar-refractivity contribution is -0.117. The fourth-order valence-electron chi connectivity index (χ4n) is 1.69. The number of benzene rings is 2. The molecule has 0 aliphatic rings. The molecule has 2 rings (SSSR count). The number of nitrogens with one attached hydrogen (secondary N) is 2. The summed E-state index contributed by atoms with van der Waals surface area (Å²) in [6.45, 7) is 0. The largest absolute Gasteiger partial charge is 0.271 e. The van der Waals surface area contributed by atoms with Crippen molar-refractivity contribution in [3.8, 4) is 0 Å². The van der Waals surface area contributed by atoms with Crippen LogP contribution in [0.15, 0.2) is 42.5 Å². The van der Waals surface area contributed by atoms with Crippen molar-refractivity contribution in [1.29, 1.82) is 0 Å². The Hall–Kier alpha value is -2.08. The highest BCUT2D eigenvalue weighted by Gasteiger charge is 2.11. The highest BCUT2D eigenvalue weighted by atomic mass is 35.5. The average molecular weight is 388 g/mol. The minimum absolute atomic E-state index is 0.0542. The van der Waals surface area contributed by atoms with E-state index in [2.05, 4.69) is 10.9 Å². The lowest BCUT2D eigenvalue weighted by atomic mass is 10.2. The Labute approximate surface area is 152 Å². The fraction of sp³-hybridized carbons (Fsp3) is 0. The summed E-state index contributed by atoms with van der Waals surface area (Å²) in [6, 6.07) is 8.39. The summed E-state index contributed by atoms with van der Waals surface area (Å²) in [6.07, 6.45) is 2.57. The van der Waals surface area contributed by atoms with E-state index in [1.54, 1.807) is 0 Å². The van der Waals surface area contributed by atoms with Crippen molar-refractivity contribution >= 4 is 52.7 Å². The summed E-state index contributed by atoms with van der Waals surface area (Å²) in [4.78, 5) is 23.6. The first kappa shape index (κ1) is 18.3. The predicted octanol–water partition coefficient (Wildman–Crippen LogP) is 4.26. The average Bonchev–Trinajstić information content (AvgIpc) is 2.56. The molecule has 0 spiro atoms. The van der Waals surface area contributed by atoms with Crippen LogP contribution in [0.3, 0.4) is 0 Å². The van der Waals surface area contributed by atoms with Crippen LogP contribution in [-0.4, -0.2) is 11.8 Å². The summed E-state index contributed by atoms with van der Waals surface area (Å²) in [5.74, 6) is -1.76. The van der Waals surface area contributed by atoms with Gasteiger partial charge < -0.3 is 0 Å². The molecule has 0 aliphatic heterocycles. The highest BCUT2D eigenvalue weighted by Crippen LogP contribution is 2.20. The molecule has 2 aromatic rings. The second-order valence-electron chi connectivity index (χ2n) is 4.57. The molecule has 0 saturated heterocycles. The monoisotopic (exact) mass is 386 g/mol. The van der Waals surface area contributed by atoms with Gasteiger partial charge in [-0.15, -0.1) is 0 Å². The van der Waals surface area contributed by atoms with E-state index >= 15 is 0 Å². The molecule has 0 radical (unpaired) electrons. The molecular formula is C16H10Cl3FN2O2. The van der Waals surface area contributed by atoms with Crippen molar-refractivity contribution < 1.29 is 14.0 Å². The maximum atomic E-state index is 13.0. The molecule has 0 fully saturated rings. The number of halogens is 4. The number of hydrogen-bond donors (Lipinski definition) is 2. The summed E-state index contributed by atoms with van der Waals surface area (Å²) < 4.78 is 13.0. The predicted molar refractivity (Wildman–Crippen MR) is 92.5 cm³/mol. The number of rotatable bonds is 3. The third kappa shape index (κ3) is 4.96. The molecular weight excluding hydrogens is 378 g/mol. The van der Waals surface area contributed by atoms with Gasteiger partial charge in [-0.05, 0) is 42.0 Å². The van der Waals surface area contributed by atoms with Crippen LogP contribution < -0.4 is 10.9 Å². The smallest absolute Gasteiger partial charge is 0.268 e. The van der Waals surface area contributed by atoms with E-state index in [4.69, 9.17) is 34.8 Å². The van der Waals surface area contributed by atoms with Gasteiger partial charge in [0.2, 0.25) is 0 Å². The van der Waals surface area contributed by atoms with E-state index in [-0.39, 0.29) is 15.6 Å². The number of carbonyl (C=O) groups excluding carboxylic acids is 2. The number of amides is 2. The van der Waals surface area contributed by atoms with E-state index in [0.29, 0.717) is 10.6 Å². The van der Waals surface area contributed by atoms with Crippen molar-refractivity contribution in [3.63, 3.8) is 0 Å². The van der Waals surface area contributed by atoms with Gasteiger partial charge in [0.1, 0.15) is 5.82 Å². The molecule has 0 heterocycles. The Bertz CT molecular complexity index is 825. The Morgan fingerprint density at radius 1 is 0.958 bits per heavy atom. The Morgan fingerprint density at radius 2 is 1.71 bits per heavy atom. The summed E-state index contributed by atoms with van der Waals surface area (Å²) in [7, 11) is 0.